The van der Waals surface area contributed by atoms with Crippen LogP contribution >= 0.6 is 23.4 Å². The summed E-state index contributed by atoms with van der Waals surface area (Å²) in [4.78, 5) is 4.56. The second-order valence-corrected chi connectivity index (χ2v) is 5.72. The zero-order valence-corrected chi connectivity index (χ0v) is 12.4. The molecule has 3 nitrogen and oxygen atoms in total. The van der Waals surface area contributed by atoms with E-state index in [0.29, 0.717) is 11.1 Å². The van der Waals surface area contributed by atoms with E-state index in [1.54, 1.807) is 7.11 Å². The van der Waals surface area contributed by atoms with Crippen molar-refractivity contribution < 1.29 is 4.74 Å². The molecule has 0 aliphatic rings. The lowest BCUT2D eigenvalue weighted by molar-refractivity contribution is 0.415. The van der Waals surface area contributed by atoms with Crippen molar-refractivity contribution in [3.8, 4) is 5.75 Å². The lowest BCUT2D eigenvalue weighted by atomic mass is 10.3. The lowest BCUT2D eigenvalue weighted by Crippen LogP contribution is -2.11. The number of fused-ring (bicyclic) bond motifs is 1. The lowest BCUT2D eigenvalue weighted by Gasteiger charge is -2.12. The highest BCUT2D eigenvalue weighted by Gasteiger charge is 2.13. The Kier molecular flexibility index (Phi) is 4.40. The number of benzene rings is 1. The van der Waals surface area contributed by atoms with Crippen molar-refractivity contribution in [1.29, 1.82) is 0 Å². The van der Waals surface area contributed by atoms with E-state index in [9.17, 15) is 0 Å². The molecular formula is C13H17ClN2OS. The first-order valence-electron chi connectivity index (χ1n) is 5.81. The highest BCUT2D eigenvalue weighted by atomic mass is 35.5. The standard InChI is InChI=1S/C13H17ClN2OS/c1-9(18-3)8-16-12-6-10(17-2)4-5-11(12)15-13(16)7-14/h4-6,9H,7-8H2,1-3H3. The van der Waals surface area contributed by atoms with E-state index >= 15 is 0 Å². The first-order chi connectivity index (χ1) is 8.69. The molecule has 0 saturated heterocycles. The molecule has 1 heterocycles. The van der Waals surface area contributed by atoms with Crippen LogP contribution in [0.4, 0.5) is 0 Å². The fourth-order valence-corrected chi connectivity index (χ4v) is 2.42. The molecule has 0 saturated carbocycles. The predicted octanol–water partition coefficient (Wildman–Crippen LogP) is 3.54. The number of methoxy groups -OCH3 is 1. The van der Waals surface area contributed by atoms with E-state index in [4.69, 9.17) is 16.3 Å². The molecule has 1 atom stereocenters. The van der Waals surface area contributed by atoms with Crippen molar-refractivity contribution in [1.82, 2.24) is 9.55 Å². The summed E-state index contributed by atoms with van der Waals surface area (Å²) in [7, 11) is 1.68. The van der Waals surface area contributed by atoms with Crippen LogP contribution in [0.3, 0.4) is 0 Å². The molecule has 0 aliphatic carbocycles. The van der Waals surface area contributed by atoms with Crippen molar-refractivity contribution in [2.45, 2.75) is 24.6 Å². The minimum Gasteiger partial charge on any atom is -0.497 e. The number of thioether (sulfide) groups is 1. The van der Waals surface area contributed by atoms with Gasteiger partial charge in [-0.15, -0.1) is 11.6 Å². The van der Waals surface area contributed by atoms with Gasteiger partial charge in [0, 0.05) is 17.9 Å². The summed E-state index contributed by atoms with van der Waals surface area (Å²) in [5.74, 6) is 2.19. The second kappa shape index (κ2) is 5.85. The van der Waals surface area contributed by atoms with Crippen LogP contribution in [0.5, 0.6) is 5.75 Å². The number of imidazole rings is 1. The topological polar surface area (TPSA) is 27.1 Å². The van der Waals surface area contributed by atoms with Crippen LogP contribution < -0.4 is 4.74 Å². The van der Waals surface area contributed by atoms with Gasteiger partial charge in [0.2, 0.25) is 0 Å². The largest absolute Gasteiger partial charge is 0.497 e. The number of hydrogen-bond acceptors (Lipinski definition) is 3. The molecule has 18 heavy (non-hydrogen) atoms. The van der Waals surface area contributed by atoms with Crippen LogP contribution in [0, 0.1) is 0 Å². The monoisotopic (exact) mass is 284 g/mol. The Morgan fingerprint density at radius 2 is 2.28 bits per heavy atom. The number of nitrogens with zero attached hydrogens (tertiary/aromatic N) is 2. The third kappa shape index (κ3) is 2.59. The predicted molar refractivity (Wildman–Crippen MR) is 78.8 cm³/mol. The van der Waals surface area contributed by atoms with E-state index in [1.807, 2.05) is 30.0 Å². The Morgan fingerprint density at radius 1 is 1.50 bits per heavy atom. The van der Waals surface area contributed by atoms with E-state index in [2.05, 4.69) is 22.7 Å². The van der Waals surface area contributed by atoms with Crippen LogP contribution in [0.1, 0.15) is 12.7 Å². The fourth-order valence-electron chi connectivity index (χ4n) is 1.92. The summed E-state index contributed by atoms with van der Waals surface area (Å²) in [6.07, 6.45) is 2.12. The van der Waals surface area contributed by atoms with Gasteiger partial charge in [0.15, 0.2) is 0 Å². The van der Waals surface area contributed by atoms with Gasteiger partial charge in [0.25, 0.3) is 0 Å². The van der Waals surface area contributed by atoms with Crippen LogP contribution in [0.2, 0.25) is 0 Å². The van der Waals surface area contributed by atoms with Gasteiger partial charge in [-0.05, 0) is 18.4 Å². The SMILES string of the molecule is COc1ccc2nc(CCl)n(CC(C)SC)c2c1. The smallest absolute Gasteiger partial charge is 0.124 e. The van der Waals surface area contributed by atoms with Crippen molar-refractivity contribution in [2.24, 2.45) is 0 Å². The molecule has 0 spiro atoms. The number of aromatic nitrogens is 2. The van der Waals surface area contributed by atoms with Crippen LogP contribution in [0.25, 0.3) is 11.0 Å². The first kappa shape index (κ1) is 13.6. The average molecular weight is 285 g/mol. The van der Waals surface area contributed by atoms with Crippen LogP contribution in [-0.2, 0) is 12.4 Å². The van der Waals surface area contributed by atoms with Gasteiger partial charge in [-0.3, -0.25) is 0 Å². The summed E-state index contributed by atoms with van der Waals surface area (Å²) in [6, 6.07) is 5.92. The molecule has 98 valence electrons. The Balaban J connectivity index is 2.51. The zero-order chi connectivity index (χ0) is 13.1. The highest BCUT2D eigenvalue weighted by Crippen LogP contribution is 2.24. The number of rotatable bonds is 5. The molecule has 2 aromatic rings. The summed E-state index contributed by atoms with van der Waals surface area (Å²) in [6.45, 7) is 3.11. The van der Waals surface area contributed by atoms with Gasteiger partial charge in [0.05, 0.1) is 24.0 Å². The fraction of sp³-hybridized carbons (Fsp3) is 0.462. The number of hydrogen-bond donors (Lipinski definition) is 0. The van der Waals surface area contributed by atoms with E-state index < -0.39 is 0 Å². The van der Waals surface area contributed by atoms with Gasteiger partial charge in [-0.25, -0.2) is 4.98 Å². The molecule has 0 radical (unpaired) electrons. The maximum Gasteiger partial charge on any atom is 0.124 e. The molecule has 0 aliphatic heterocycles. The molecule has 0 bridgehead atoms. The minimum atomic E-state index is 0.429. The van der Waals surface area contributed by atoms with E-state index in [1.165, 1.54) is 0 Å². The highest BCUT2D eigenvalue weighted by molar-refractivity contribution is 7.99. The summed E-state index contributed by atoms with van der Waals surface area (Å²) in [5.41, 5.74) is 2.06. The quantitative estimate of drug-likeness (QED) is 0.786. The Labute approximate surface area is 116 Å². The van der Waals surface area contributed by atoms with Gasteiger partial charge in [-0.1, -0.05) is 6.92 Å². The number of alkyl halides is 1. The van der Waals surface area contributed by atoms with Gasteiger partial charge in [0.1, 0.15) is 11.6 Å². The average Bonchev–Trinajstić information content (AvgIpc) is 2.75. The molecule has 2 rings (SSSR count). The molecule has 5 heteroatoms. The van der Waals surface area contributed by atoms with Crippen molar-refractivity contribution in [3.05, 3.63) is 24.0 Å². The summed E-state index contributed by atoms with van der Waals surface area (Å²) >= 11 is 7.82. The molecule has 0 amide bonds. The maximum atomic E-state index is 5.98. The molecule has 1 aromatic carbocycles. The zero-order valence-electron chi connectivity index (χ0n) is 10.8. The molecule has 1 unspecified atom stereocenters. The van der Waals surface area contributed by atoms with Gasteiger partial charge >= 0.3 is 0 Å². The molecule has 0 fully saturated rings. The van der Waals surface area contributed by atoms with Crippen molar-refractivity contribution in [2.75, 3.05) is 13.4 Å². The van der Waals surface area contributed by atoms with Crippen LogP contribution in [-0.4, -0.2) is 28.2 Å². The summed E-state index contributed by atoms with van der Waals surface area (Å²) < 4.78 is 7.46. The van der Waals surface area contributed by atoms with Gasteiger partial charge in [-0.2, -0.15) is 11.8 Å². The maximum absolute atomic E-state index is 5.98. The normalized spacial score (nSPS) is 12.9. The van der Waals surface area contributed by atoms with Crippen molar-refractivity contribution >= 4 is 34.4 Å². The van der Waals surface area contributed by atoms with Gasteiger partial charge < -0.3 is 9.30 Å². The molecule has 1 aromatic heterocycles. The first-order valence-corrected chi connectivity index (χ1v) is 7.63. The summed E-state index contributed by atoms with van der Waals surface area (Å²) in [5, 5.41) is 0.524. The number of halogens is 1. The Morgan fingerprint density at radius 3 is 2.89 bits per heavy atom. The second-order valence-electron chi connectivity index (χ2n) is 4.17. The minimum absolute atomic E-state index is 0.429. The van der Waals surface area contributed by atoms with E-state index in [0.717, 1.165) is 29.2 Å². The third-order valence-corrected chi connectivity index (χ3v) is 4.19. The van der Waals surface area contributed by atoms with Crippen molar-refractivity contribution in [3.63, 3.8) is 0 Å². The third-order valence-electron chi connectivity index (χ3n) is 3.00. The van der Waals surface area contributed by atoms with Crippen LogP contribution in [0.15, 0.2) is 18.2 Å². The molecule has 0 N–H and O–H groups in total. The Bertz CT molecular complexity index is 541. The number of ether oxygens (including phenoxy) is 1. The van der Waals surface area contributed by atoms with E-state index in [-0.39, 0.29) is 0 Å². The Hall–Kier alpha value is -0.870. The molecular weight excluding hydrogens is 268 g/mol.